The van der Waals surface area contributed by atoms with Gasteiger partial charge in [0.15, 0.2) is 11.3 Å². The van der Waals surface area contributed by atoms with Crippen molar-refractivity contribution in [3.8, 4) is 11.5 Å². The molecular weight excluding hydrogens is 254 g/mol. The van der Waals surface area contributed by atoms with Gasteiger partial charge < -0.3 is 13.9 Å². The summed E-state index contributed by atoms with van der Waals surface area (Å²) in [5, 5.41) is 11.5. The number of rotatable bonds is 2. The summed E-state index contributed by atoms with van der Waals surface area (Å²) in [5.41, 5.74) is -0.171. The lowest BCUT2D eigenvalue weighted by Gasteiger charge is -2.09. The molecule has 0 radical (unpaired) electrons. The molecule has 1 aromatic heterocycles. The van der Waals surface area contributed by atoms with Gasteiger partial charge in [-0.05, 0) is 6.07 Å². The summed E-state index contributed by atoms with van der Waals surface area (Å²) in [6.07, 6.45) is 0.428. The quantitative estimate of drug-likeness (QED) is 0.464. The first-order valence-electron chi connectivity index (χ1n) is 5.57. The number of nitrogens with zero attached hydrogens (tertiary/aromatic N) is 1. The van der Waals surface area contributed by atoms with E-state index in [2.05, 4.69) is 0 Å². The fourth-order valence-corrected chi connectivity index (χ4v) is 2.32. The van der Waals surface area contributed by atoms with Gasteiger partial charge >= 0.3 is 5.63 Å². The number of methoxy groups -OCH3 is 1. The van der Waals surface area contributed by atoms with Crippen LogP contribution >= 0.6 is 0 Å². The summed E-state index contributed by atoms with van der Waals surface area (Å²) < 4.78 is 15.6. The van der Waals surface area contributed by atoms with Crippen LogP contribution in [-0.4, -0.2) is 18.6 Å². The maximum Gasteiger partial charge on any atom is 0.336 e. The number of nitro groups is 1. The molecule has 0 amide bonds. The molecule has 3 rings (SSSR count). The van der Waals surface area contributed by atoms with Crippen molar-refractivity contribution in [1.29, 1.82) is 0 Å². The van der Waals surface area contributed by atoms with Crippen molar-refractivity contribution < 1.29 is 18.8 Å². The van der Waals surface area contributed by atoms with E-state index in [9.17, 15) is 14.9 Å². The number of fused-ring (bicyclic) bond motifs is 2. The van der Waals surface area contributed by atoms with Crippen LogP contribution in [0, 0.1) is 10.1 Å². The van der Waals surface area contributed by atoms with Gasteiger partial charge in [0.1, 0.15) is 0 Å². The van der Waals surface area contributed by atoms with Crippen molar-refractivity contribution in [3.63, 3.8) is 0 Å². The highest BCUT2D eigenvalue weighted by Gasteiger charge is 2.32. The molecule has 1 aliphatic heterocycles. The highest BCUT2D eigenvalue weighted by atomic mass is 16.6. The Hall–Kier alpha value is -2.57. The van der Waals surface area contributed by atoms with E-state index in [0.29, 0.717) is 18.6 Å². The predicted molar refractivity (Wildman–Crippen MR) is 64.9 cm³/mol. The van der Waals surface area contributed by atoms with Crippen LogP contribution in [-0.2, 0) is 6.42 Å². The molecule has 0 aliphatic carbocycles. The monoisotopic (exact) mass is 263 g/mol. The fourth-order valence-electron chi connectivity index (χ4n) is 2.32. The zero-order valence-corrected chi connectivity index (χ0v) is 9.97. The molecule has 2 aromatic rings. The second-order valence-corrected chi connectivity index (χ2v) is 4.04. The van der Waals surface area contributed by atoms with Crippen LogP contribution in [0.4, 0.5) is 5.69 Å². The SMILES string of the molecule is COc1c2c(c([N+](=O)[O-])c3ccc(=O)oc13)CCO2. The lowest BCUT2D eigenvalue weighted by Crippen LogP contribution is -2.01. The molecule has 2 heterocycles. The minimum Gasteiger partial charge on any atom is -0.490 e. The highest BCUT2D eigenvalue weighted by molar-refractivity contribution is 5.95. The zero-order valence-electron chi connectivity index (χ0n) is 9.97. The normalized spacial score (nSPS) is 13.1. The van der Waals surface area contributed by atoms with Gasteiger partial charge in [-0.1, -0.05) is 0 Å². The fraction of sp³-hybridized carbons (Fsp3) is 0.250. The largest absolute Gasteiger partial charge is 0.490 e. The number of benzene rings is 1. The Morgan fingerprint density at radius 3 is 2.89 bits per heavy atom. The molecular formula is C12H9NO6. The Morgan fingerprint density at radius 2 is 2.21 bits per heavy atom. The van der Waals surface area contributed by atoms with Gasteiger partial charge in [-0.3, -0.25) is 10.1 Å². The summed E-state index contributed by atoms with van der Waals surface area (Å²) in [4.78, 5) is 22.1. The maximum absolute atomic E-state index is 11.3. The van der Waals surface area contributed by atoms with Crippen LogP contribution < -0.4 is 15.1 Å². The van der Waals surface area contributed by atoms with Crippen LogP contribution in [0.5, 0.6) is 11.5 Å². The van der Waals surface area contributed by atoms with Crippen molar-refractivity contribution >= 4 is 16.7 Å². The third-order valence-electron chi connectivity index (χ3n) is 3.05. The molecule has 0 bridgehead atoms. The van der Waals surface area contributed by atoms with Gasteiger partial charge in [0.25, 0.3) is 5.69 Å². The van der Waals surface area contributed by atoms with E-state index < -0.39 is 10.5 Å². The predicted octanol–water partition coefficient (Wildman–Crippen LogP) is 1.64. The molecule has 1 aromatic carbocycles. The maximum atomic E-state index is 11.3. The van der Waals surface area contributed by atoms with E-state index in [-0.39, 0.29) is 28.2 Å². The molecule has 1 aliphatic rings. The summed E-state index contributed by atoms with van der Waals surface area (Å²) in [5.74, 6) is 0.516. The molecule has 0 unspecified atom stereocenters. The molecule has 0 atom stereocenters. The number of ether oxygens (including phenoxy) is 2. The Kier molecular flexibility index (Phi) is 2.41. The molecule has 7 heteroatoms. The van der Waals surface area contributed by atoms with Crippen LogP contribution in [0.1, 0.15) is 5.56 Å². The lowest BCUT2D eigenvalue weighted by molar-refractivity contribution is -0.383. The third kappa shape index (κ3) is 1.55. The Labute approximate surface area is 106 Å². The second kappa shape index (κ2) is 3.98. The van der Waals surface area contributed by atoms with Crippen LogP contribution in [0.25, 0.3) is 11.0 Å². The minimum atomic E-state index is -0.599. The van der Waals surface area contributed by atoms with E-state index in [4.69, 9.17) is 13.9 Å². The first kappa shape index (κ1) is 11.5. The van der Waals surface area contributed by atoms with Crippen LogP contribution in [0.15, 0.2) is 21.3 Å². The Balaban J connectivity index is 2.54. The molecule has 0 fully saturated rings. The topological polar surface area (TPSA) is 91.8 Å². The van der Waals surface area contributed by atoms with E-state index in [1.54, 1.807) is 0 Å². The van der Waals surface area contributed by atoms with Gasteiger partial charge in [0.05, 0.1) is 29.6 Å². The van der Waals surface area contributed by atoms with Crippen molar-refractivity contribution in [3.05, 3.63) is 38.2 Å². The molecule has 7 nitrogen and oxygen atoms in total. The smallest absolute Gasteiger partial charge is 0.336 e. The average molecular weight is 263 g/mol. The molecule has 0 saturated heterocycles. The summed E-state index contributed by atoms with van der Waals surface area (Å²) in [6, 6.07) is 2.53. The summed E-state index contributed by atoms with van der Waals surface area (Å²) in [7, 11) is 1.40. The first-order chi connectivity index (χ1) is 9.13. The third-order valence-corrected chi connectivity index (χ3v) is 3.05. The molecule has 0 N–H and O–H groups in total. The Morgan fingerprint density at radius 1 is 1.42 bits per heavy atom. The average Bonchev–Trinajstić information content (AvgIpc) is 2.83. The second-order valence-electron chi connectivity index (χ2n) is 4.04. The van der Waals surface area contributed by atoms with E-state index in [0.717, 1.165) is 6.07 Å². The summed E-state index contributed by atoms with van der Waals surface area (Å²) >= 11 is 0. The zero-order chi connectivity index (χ0) is 13.6. The van der Waals surface area contributed by atoms with Crippen molar-refractivity contribution in [2.24, 2.45) is 0 Å². The lowest BCUT2D eigenvalue weighted by atomic mass is 10.1. The number of nitro benzene ring substituents is 1. The van der Waals surface area contributed by atoms with Crippen molar-refractivity contribution in [1.82, 2.24) is 0 Å². The number of hydrogen-bond acceptors (Lipinski definition) is 6. The molecule has 0 spiro atoms. The van der Waals surface area contributed by atoms with E-state index >= 15 is 0 Å². The van der Waals surface area contributed by atoms with Crippen molar-refractivity contribution in [2.45, 2.75) is 6.42 Å². The molecule has 98 valence electrons. The van der Waals surface area contributed by atoms with E-state index in [1.807, 2.05) is 0 Å². The van der Waals surface area contributed by atoms with Gasteiger partial charge in [0.2, 0.25) is 5.75 Å². The summed E-state index contributed by atoms with van der Waals surface area (Å²) in [6.45, 7) is 0.340. The van der Waals surface area contributed by atoms with Crippen LogP contribution in [0.2, 0.25) is 0 Å². The van der Waals surface area contributed by atoms with Gasteiger partial charge in [-0.2, -0.15) is 0 Å². The molecule has 19 heavy (non-hydrogen) atoms. The van der Waals surface area contributed by atoms with E-state index in [1.165, 1.54) is 13.2 Å². The highest BCUT2D eigenvalue weighted by Crippen LogP contribution is 2.47. The number of hydrogen-bond donors (Lipinski definition) is 0. The Bertz CT molecular complexity index is 748. The van der Waals surface area contributed by atoms with Crippen LogP contribution in [0.3, 0.4) is 0 Å². The molecule has 0 saturated carbocycles. The van der Waals surface area contributed by atoms with Gasteiger partial charge in [-0.15, -0.1) is 0 Å². The van der Waals surface area contributed by atoms with Gasteiger partial charge in [-0.25, -0.2) is 4.79 Å². The van der Waals surface area contributed by atoms with Crippen molar-refractivity contribution in [2.75, 3.05) is 13.7 Å². The first-order valence-corrected chi connectivity index (χ1v) is 5.57. The van der Waals surface area contributed by atoms with Gasteiger partial charge in [0, 0.05) is 12.5 Å². The standard InChI is InChI=1S/C12H9NO6/c1-17-12-10-7(4-5-18-10)9(13(15)16)6-2-3-8(14)19-11(6)12/h2-3H,4-5H2,1H3. The minimum absolute atomic E-state index is 0.0438.